The van der Waals surface area contributed by atoms with E-state index in [4.69, 9.17) is 21.7 Å². The summed E-state index contributed by atoms with van der Waals surface area (Å²) in [6.45, 7) is 1.78. The quantitative estimate of drug-likeness (QED) is 0.497. The van der Waals surface area contributed by atoms with Gasteiger partial charge in [0.05, 0.1) is 5.56 Å². The van der Waals surface area contributed by atoms with E-state index in [1.807, 2.05) is 0 Å². The summed E-state index contributed by atoms with van der Waals surface area (Å²) in [5.74, 6) is -1.16. The van der Waals surface area contributed by atoms with E-state index in [2.05, 4.69) is 0 Å². The van der Waals surface area contributed by atoms with Gasteiger partial charge in [0, 0.05) is 19.7 Å². The topological polar surface area (TPSA) is 91.1 Å². The predicted molar refractivity (Wildman–Crippen MR) is 102 cm³/mol. The summed E-state index contributed by atoms with van der Waals surface area (Å²) in [4.78, 5) is 38.2. The molecular formula is C19H16N2O5S. The molecule has 1 fully saturated rings. The number of thiocarbonyl (C=S) groups is 1. The molecule has 1 aliphatic rings. The van der Waals surface area contributed by atoms with Gasteiger partial charge in [-0.3, -0.25) is 19.4 Å². The van der Waals surface area contributed by atoms with Crippen molar-refractivity contribution in [1.29, 1.82) is 0 Å². The summed E-state index contributed by atoms with van der Waals surface area (Å²) in [6.07, 6.45) is 1.38. The average molecular weight is 384 g/mol. The van der Waals surface area contributed by atoms with Gasteiger partial charge in [-0.15, -0.1) is 0 Å². The van der Waals surface area contributed by atoms with Gasteiger partial charge in [0.15, 0.2) is 5.11 Å². The average Bonchev–Trinajstić information content (AvgIpc) is 3.10. The molecule has 0 radical (unpaired) electrons. The first-order valence-corrected chi connectivity index (χ1v) is 8.37. The number of carbonyl (C=O) groups is 3. The molecule has 1 aromatic carbocycles. The van der Waals surface area contributed by atoms with Crippen LogP contribution in [0.25, 0.3) is 17.4 Å². The third-order valence-electron chi connectivity index (χ3n) is 4.30. The molecule has 2 heterocycles. The highest BCUT2D eigenvalue weighted by atomic mass is 32.1. The fourth-order valence-corrected chi connectivity index (χ4v) is 2.93. The van der Waals surface area contributed by atoms with Crippen molar-refractivity contribution in [1.82, 2.24) is 9.80 Å². The lowest BCUT2D eigenvalue weighted by molar-refractivity contribution is -0.132. The van der Waals surface area contributed by atoms with E-state index in [0.717, 1.165) is 11.1 Å². The summed E-state index contributed by atoms with van der Waals surface area (Å²) in [5.41, 5.74) is 1.59. The zero-order valence-corrected chi connectivity index (χ0v) is 15.7. The number of likely N-dealkylation sites (N-methyl/N-ethyl adjacent to an activating group) is 2. The second-order valence-electron chi connectivity index (χ2n) is 6.11. The molecule has 138 valence electrons. The minimum atomic E-state index is -1.00. The summed E-state index contributed by atoms with van der Waals surface area (Å²) >= 11 is 5.05. The van der Waals surface area contributed by atoms with E-state index in [9.17, 15) is 14.4 Å². The van der Waals surface area contributed by atoms with Crippen molar-refractivity contribution in [3.63, 3.8) is 0 Å². The summed E-state index contributed by atoms with van der Waals surface area (Å²) in [5, 5.41) is 9.19. The Labute approximate surface area is 160 Å². The molecule has 27 heavy (non-hydrogen) atoms. The number of hydrogen-bond donors (Lipinski definition) is 1. The Hall–Kier alpha value is -3.26. The normalized spacial score (nSPS) is 14.8. The van der Waals surface area contributed by atoms with Crippen LogP contribution in [0.4, 0.5) is 0 Å². The lowest BCUT2D eigenvalue weighted by Crippen LogP contribution is -2.52. The highest BCUT2D eigenvalue weighted by Gasteiger charge is 2.35. The van der Waals surface area contributed by atoms with Crippen LogP contribution < -0.4 is 0 Å². The van der Waals surface area contributed by atoms with Crippen LogP contribution >= 0.6 is 12.2 Å². The van der Waals surface area contributed by atoms with Crippen LogP contribution in [0.15, 0.2) is 40.3 Å². The second kappa shape index (κ2) is 6.81. The third-order valence-corrected chi connectivity index (χ3v) is 4.84. The van der Waals surface area contributed by atoms with Crippen LogP contribution in [0.3, 0.4) is 0 Å². The van der Waals surface area contributed by atoms with Gasteiger partial charge in [0.25, 0.3) is 11.8 Å². The molecule has 8 heteroatoms. The van der Waals surface area contributed by atoms with Crippen molar-refractivity contribution in [3.8, 4) is 11.3 Å². The first-order valence-electron chi connectivity index (χ1n) is 7.96. The van der Waals surface area contributed by atoms with Crippen LogP contribution in [0.2, 0.25) is 0 Å². The van der Waals surface area contributed by atoms with Gasteiger partial charge >= 0.3 is 5.97 Å². The Balaban J connectivity index is 1.96. The first kappa shape index (κ1) is 18.5. The maximum Gasteiger partial charge on any atom is 0.335 e. The third kappa shape index (κ3) is 3.26. The van der Waals surface area contributed by atoms with E-state index < -0.39 is 17.8 Å². The van der Waals surface area contributed by atoms with Crippen molar-refractivity contribution >= 4 is 41.2 Å². The molecule has 3 rings (SSSR count). The number of carboxylic acid groups (broad SMARTS) is 1. The van der Waals surface area contributed by atoms with E-state index in [1.165, 1.54) is 36.0 Å². The monoisotopic (exact) mass is 384 g/mol. The number of carbonyl (C=O) groups excluding carboxylic acids is 2. The highest BCUT2D eigenvalue weighted by Crippen LogP contribution is 2.28. The van der Waals surface area contributed by atoms with Crippen molar-refractivity contribution in [3.05, 3.63) is 52.8 Å². The van der Waals surface area contributed by atoms with Gasteiger partial charge in [-0.25, -0.2) is 4.79 Å². The van der Waals surface area contributed by atoms with Crippen molar-refractivity contribution in [2.24, 2.45) is 0 Å². The largest absolute Gasteiger partial charge is 0.478 e. The summed E-state index contributed by atoms with van der Waals surface area (Å²) in [6, 6.07) is 8.04. The van der Waals surface area contributed by atoms with Gasteiger partial charge in [-0.2, -0.15) is 0 Å². The lowest BCUT2D eigenvalue weighted by atomic mass is 10.0. The molecule has 1 saturated heterocycles. The van der Waals surface area contributed by atoms with E-state index in [1.54, 1.807) is 31.2 Å². The Morgan fingerprint density at radius 2 is 1.74 bits per heavy atom. The maximum atomic E-state index is 12.4. The number of furan rings is 1. The fourth-order valence-electron chi connectivity index (χ4n) is 2.77. The van der Waals surface area contributed by atoms with Crippen molar-refractivity contribution in [2.75, 3.05) is 14.1 Å². The van der Waals surface area contributed by atoms with E-state index in [-0.39, 0.29) is 16.2 Å². The Bertz CT molecular complexity index is 995. The number of aromatic carboxylic acids is 1. The highest BCUT2D eigenvalue weighted by molar-refractivity contribution is 7.80. The Morgan fingerprint density at radius 3 is 2.30 bits per heavy atom. The zero-order chi connectivity index (χ0) is 19.9. The number of rotatable bonds is 3. The summed E-state index contributed by atoms with van der Waals surface area (Å²) in [7, 11) is 3.00. The number of aryl methyl sites for hydroxylation is 1. The molecule has 0 saturated carbocycles. The van der Waals surface area contributed by atoms with Gasteiger partial charge in [0.2, 0.25) is 0 Å². The number of amides is 2. The second-order valence-corrected chi connectivity index (χ2v) is 6.47. The molecule has 1 aromatic heterocycles. The smallest absolute Gasteiger partial charge is 0.335 e. The van der Waals surface area contributed by atoms with Crippen molar-refractivity contribution < 1.29 is 23.9 Å². The molecule has 0 atom stereocenters. The minimum absolute atomic E-state index is 0.0487. The van der Waals surface area contributed by atoms with Crippen LogP contribution in [0.1, 0.15) is 21.7 Å². The SMILES string of the molecule is Cc1cc(C(=O)O)ccc1-c1ccc(C=C2C(=O)N(C)C(=S)N(C)C2=O)o1. The zero-order valence-electron chi connectivity index (χ0n) is 14.8. The Morgan fingerprint density at radius 1 is 1.11 bits per heavy atom. The molecule has 0 bridgehead atoms. The molecule has 2 aromatic rings. The number of benzene rings is 1. The lowest BCUT2D eigenvalue weighted by Gasteiger charge is -2.31. The van der Waals surface area contributed by atoms with Crippen LogP contribution in [-0.4, -0.2) is 51.9 Å². The van der Waals surface area contributed by atoms with E-state index in [0.29, 0.717) is 11.5 Å². The number of carboxylic acids is 1. The molecule has 2 amide bonds. The molecule has 7 nitrogen and oxygen atoms in total. The van der Waals surface area contributed by atoms with Crippen molar-refractivity contribution in [2.45, 2.75) is 6.92 Å². The van der Waals surface area contributed by atoms with Gasteiger partial charge in [-0.1, -0.05) is 6.07 Å². The summed E-state index contributed by atoms with van der Waals surface area (Å²) < 4.78 is 5.75. The molecule has 1 N–H and O–H groups in total. The standard InChI is InChI=1S/C19H16N2O5S/c1-10-8-11(18(24)25)4-6-13(10)15-7-5-12(26-15)9-14-16(22)20(2)19(27)21(3)17(14)23/h4-9H,1-3H3,(H,24,25). The Kier molecular flexibility index (Phi) is 4.67. The van der Waals surface area contributed by atoms with Gasteiger partial charge < -0.3 is 9.52 Å². The van der Waals surface area contributed by atoms with Crippen LogP contribution in [-0.2, 0) is 9.59 Å². The minimum Gasteiger partial charge on any atom is -0.478 e. The van der Waals surface area contributed by atoms with Crippen LogP contribution in [0, 0.1) is 6.92 Å². The fraction of sp³-hybridized carbons (Fsp3) is 0.158. The van der Waals surface area contributed by atoms with E-state index >= 15 is 0 Å². The van der Waals surface area contributed by atoms with Crippen LogP contribution in [0.5, 0.6) is 0 Å². The molecule has 0 aliphatic carbocycles. The van der Waals surface area contributed by atoms with Gasteiger partial charge in [0.1, 0.15) is 17.1 Å². The molecule has 1 aliphatic heterocycles. The molecule has 0 spiro atoms. The maximum absolute atomic E-state index is 12.4. The predicted octanol–water partition coefficient (Wildman–Crippen LogP) is 2.55. The number of hydrogen-bond acceptors (Lipinski definition) is 5. The molecule has 0 unspecified atom stereocenters. The van der Waals surface area contributed by atoms with Gasteiger partial charge in [-0.05, 0) is 55.0 Å². The molecular weight excluding hydrogens is 368 g/mol. The first-order chi connectivity index (χ1) is 12.7. The number of nitrogens with zero attached hydrogens (tertiary/aromatic N) is 2.